The van der Waals surface area contributed by atoms with E-state index in [9.17, 15) is 0 Å². The zero-order valence-corrected chi connectivity index (χ0v) is 11.3. The van der Waals surface area contributed by atoms with Gasteiger partial charge < -0.3 is 5.32 Å². The molecule has 0 aliphatic rings. The summed E-state index contributed by atoms with van der Waals surface area (Å²) in [5, 5.41) is 3.32. The van der Waals surface area contributed by atoms with Crippen molar-refractivity contribution in [2.24, 2.45) is 0 Å². The van der Waals surface area contributed by atoms with Gasteiger partial charge in [-0.15, -0.1) is 24.2 Å². The van der Waals surface area contributed by atoms with Crippen LogP contribution in [0.15, 0.2) is 29.2 Å². The first-order chi connectivity index (χ1) is 6.80. The van der Waals surface area contributed by atoms with E-state index in [0.717, 1.165) is 6.42 Å². The summed E-state index contributed by atoms with van der Waals surface area (Å²) in [7, 11) is 2.03. The second kappa shape index (κ2) is 8.03. The molecule has 86 valence electrons. The van der Waals surface area contributed by atoms with Gasteiger partial charge in [0.1, 0.15) is 0 Å². The highest BCUT2D eigenvalue weighted by atomic mass is 35.5. The number of benzene rings is 1. The molecule has 0 aliphatic heterocycles. The van der Waals surface area contributed by atoms with Crippen molar-refractivity contribution in [1.82, 2.24) is 5.32 Å². The van der Waals surface area contributed by atoms with Gasteiger partial charge >= 0.3 is 0 Å². The molecule has 15 heavy (non-hydrogen) atoms. The summed E-state index contributed by atoms with van der Waals surface area (Å²) >= 11 is 1.79. The molecule has 1 atom stereocenters. The Morgan fingerprint density at radius 1 is 1.27 bits per heavy atom. The standard InChI is InChI=1S/C12H19NS.ClH/c1-4-11(13-2)9-10-5-7-12(14-3)8-6-10;/h5-8,11,13H,4,9H2,1-3H3;1H. The smallest absolute Gasteiger partial charge is 0.0102 e. The van der Waals surface area contributed by atoms with Gasteiger partial charge in [-0.3, -0.25) is 0 Å². The molecule has 3 heteroatoms. The minimum Gasteiger partial charge on any atom is -0.317 e. The highest BCUT2D eigenvalue weighted by Crippen LogP contribution is 2.15. The molecule has 1 unspecified atom stereocenters. The summed E-state index contributed by atoms with van der Waals surface area (Å²) in [6.45, 7) is 2.22. The van der Waals surface area contributed by atoms with E-state index in [1.54, 1.807) is 11.8 Å². The largest absolute Gasteiger partial charge is 0.317 e. The molecule has 1 aromatic carbocycles. The first kappa shape index (κ1) is 14.8. The van der Waals surface area contributed by atoms with Gasteiger partial charge in [0.05, 0.1) is 0 Å². The molecule has 1 rings (SSSR count). The molecule has 0 aliphatic carbocycles. The Morgan fingerprint density at radius 3 is 2.27 bits per heavy atom. The van der Waals surface area contributed by atoms with Crippen LogP contribution in [0.5, 0.6) is 0 Å². The fourth-order valence-corrected chi connectivity index (χ4v) is 1.90. The van der Waals surface area contributed by atoms with Crippen molar-refractivity contribution >= 4 is 24.2 Å². The predicted molar refractivity (Wildman–Crippen MR) is 72.3 cm³/mol. The Morgan fingerprint density at radius 2 is 1.87 bits per heavy atom. The fourth-order valence-electron chi connectivity index (χ4n) is 1.50. The molecule has 0 aromatic heterocycles. The van der Waals surface area contributed by atoms with Crippen LogP contribution in [0.2, 0.25) is 0 Å². The van der Waals surface area contributed by atoms with Crippen molar-refractivity contribution in [1.29, 1.82) is 0 Å². The van der Waals surface area contributed by atoms with Crippen LogP contribution >= 0.6 is 24.2 Å². The number of rotatable bonds is 5. The van der Waals surface area contributed by atoms with Crippen LogP contribution in [-0.2, 0) is 6.42 Å². The second-order valence-corrected chi connectivity index (χ2v) is 4.33. The predicted octanol–water partition coefficient (Wildman–Crippen LogP) is 3.37. The Bertz CT molecular complexity index is 257. The summed E-state index contributed by atoms with van der Waals surface area (Å²) in [6, 6.07) is 9.46. The van der Waals surface area contributed by atoms with Gasteiger partial charge in [-0.1, -0.05) is 19.1 Å². The van der Waals surface area contributed by atoms with Crippen LogP contribution in [0.3, 0.4) is 0 Å². The first-order valence-corrected chi connectivity index (χ1v) is 6.32. The third-order valence-corrected chi connectivity index (χ3v) is 3.29. The first-order valence-electron chi connectivity index (χ1n) is 5.10. The average molecular weight is 246 g/mol. The Hall–Kier alpha value is -0.180. The van der Waals surface area contributed by atoms with Gasteiger partial charge in [0, 0.05) is 10.9 Å². The molecule has 0 fully saturated rings. The van der Waals surface area contributed by atoms with E-state index in [1.807, 2.05) is 7.05 Å². The minimum atomic E-state index is 0. The Kier molecular flexibility index (Phi) is 7.93. The zero-order chi connectivity index (χ0) is 10.4. The number of nitrogens with one attached hydrogen (secondary N) is 1. The topological polar surface area (TPSA) is 12.0 Å². The van der Waals surface area contributed by atoms with E-state index in [-0.39, 0.29) is 12.4 Å². The summed E-state index contributed by atoms with van der Waals surface area (Å²) in [5.41, 5.74) is 1.42. The zero-order valence-electron chi connectivity index (χ0n) is 9.62. The number of thioether (sulfide) groups is 1. The molecule has 0 radical (unpaired) electrons. The maximum atomic E-state index is 3.32. The van der Waals surface area contributed by atoms with E-state index in [1.165, 1.54) is 16.9 Å². The molecule has 0 amide bonds. The molecular weight excluding hydrogens is 226 g/mol. The van der Waals surface area contributed by atoms with Crippen LogP contribution in [0, 0.1) is 0 Å². The molecule has 0 saturated carbocycles. The van der Waals surface area contributed by atoms with E-state index >= 15 is 0 Å². The lowest BCUT2D eigenvalue weighted by Gasteiger charge is -2.13. The third-order valence-electron chi connectivity index (χ3n) is 2.54. The number of halogens is 1. The maximum absolute atomic E-state index is 3.32. The van der Waals surface area contributed by atoms with E-state index < -0.39 is 0 Å². The molecule has 1 aromatic rings. The lowest BCUT2D eigenvalue weighted by molar-refractivity contribution is 0.543. The van der Waals surface area contributed by atoms with Crippen LogP contribution < -0.4 is 5.32 Å². The molecule has 1 nitrogen and oxygen atoms in total. The molecule has 1 N–H and O–H groups in total. The monoisotopic (exact) mass is 245 g/mol. The van der Waals surface area contributed by atoms with E-state index in [0.29, 0.717) is 6.04 Å². The van der Waals surface area contributed by atoms with Crippen molar-refractivity contribution in [3.05, 3.63) is 29.8 Å². The molecule has 0 spiro atoms. The van der Waals surface area contributed by atoms with Crippen molar-refractivity contribution < 1.29 is 0 Å². The van der Waals surface area contributed by atoms with Gasteiger partial charge in [0.2, 0.25) is 0 Å². The van der Waals surface area contributed by atoms with Crippen molar-refractivity contribution in [2.45, 2.75) is 30.7 Å². The number of likely N-dealkylation sites (N-methyl/N-ethyl adjacent to an activating group) is 1. The number of hydrogen-bond acceptors (Lipinski definition) is 2. The normalized spacial score (nSPS) is 11.9. The Balaban J connectivity index is 0.00000196. The van der Waals surface area contributed by atoms with Crippen LogP contribution in [-0.4, -0.2) is 19.3 Å². The van der Waals surface area contributed by atoms with Crippen LogP contribution in [0.4, 0.5) is 0 Å². The van der Waals surface area contributed by atoms with Crippen molar-refractivity contribution in [2.75, 3.05) is 13.3 Å². The summed E-state index contributed by atoms with van der Waals surface area (Å²) < 4.78 is 0. The van der Waals surface area contributed by atoms with E-state index in [4.69, 9.17) is 0 Å². The minimum absolute atomic E-state index is 0. The lowest BCUT2D eigenvalue weighted by atomic mass is 10.0. The quantitative estimate of drug-likeness (QED) is 0.799. The molecule has 0 saturated heterocycles. The van der Waals surface area contributed by atoms with Gasteiger partial charge in [0.25, 0.3) is 0 Å². The highest BCUT2D eigenvalue weighted by Gasteiger charge is 2.03. The van der Waals surface area contributed by atoms with Gasteiger partial charge in [-0.25, -0.2) is 0 Å². The SMILES string of the molecule is CCC(Cc1ccc(SC)cc1)NC.Cl. The van der Waals surface area contributed by atoms with Crippen molar-refractivity contribution in [3.63, 3.8) is 0 Å². The summed E-state index contributed by atoms with van der Waals surface area (Å²) in [6.07, 6.45) is 4.42. The van der Waals surface area contributed by atoms with Gasteiger partial charge in [-0.05, 0) is 43.8 Å². The third kappa shape index (κ3) is 4.92. The highest BCUT2D eigenvalue weighted by molar-refractivity contribution is 7.98. The molecular formula is C12H20ClNS. The van der Waals surface area contributed by atoms with Gasteiger partial charge in [0.15, 0.2) is 0 Å². The lowest BCUT2D eigenvalue weighted by Crippen LogP contribution is -2.26. The average Bonchev–Trinajstić information content (AvgIpc) is 2.26. The second-order valence-electron chi connectivity index (χ2n) is 3.45. The molecule has 0 bridgehead atoms. The van der Waals surface area contributed by atoms with Crippen LogP contribution in [0.1, 0.15) is 18.9 Å². The summed E-state index contributed by atoms with van der Waals surface area (Å²) in [4.78, 5) is 1.34. The maximum Gasteiger partial charge on any atom is 0.0102 e. The Labute approximate surface area is 103 Å². The fraction of sp³-hybridized carbons (Fsp3) is 0.500. The summed E-state index contributed by atoms with van der Waals surface area (Å²) in [5.74, 6) is 0. The van der Waals surface area contributed by atoms with Crippen molar-refractivity contribution in [3.8, 4) is 0 Å². The van der Waals surface area contributed by atoms with Crippen LogP contribution in [0.25, 0.3) is 0 Å². The molecule has 0 heterocycles. The van der Waals surface area contributed by atoms with E-state index in [2.05, 4.69) is 42.8 Å². The van der Waals surface area contributed by atoms with Gasteiger partial charge in [-0.2, -0.15) is 0 Å². The number of hydrogen-bond donors (Lipinski definition) is 1.